The van der Waals surface area contributed by atoms with Crippen molar-refractivity contribution in [3.63, 3.8) is 0 Å². The van der Waals surface area contributed by atoms with E-state index in [0.29, 0.717) is 17.5 Å². The Labute approximate surface area is 310 Å². The first kappa shape index (κ1) is 30.3. The molecule has 0 fully saturated rings. The van der Waals surface area contributed by atoms with E-state index in [-0.39, 0.29) is 0 Å². The predicted molar refractivity (Wildman–Crippen MR) is 221 cm³/mol. The molecule has 0 bridgehead atoms. The Balaban J connectivity index is 1.26. The van der Waals surface area contributed by atoms with Gasteiger partial charge in [0.2, 0.25) is 0 Å². The van der Waals surface area contributed by atoms with E-state index in [2.05, 4.69) is 120 Å². The van der Waals surface area contributed by atoms with Gasteiger partial charge in [0.15, 0.2) is 23.1 Å². The van der Waals surface area contributed by atoms with E-state index in [1.54, 1.807) is 0 Å². The van der Waals surface area contributed by atoms with E-state index in [0.717, 1.165) is 66.5 Å². The molecule has 3 heterocycles. The maximum Gasteiger partial charge on any atom is 0.164 e. The summed E-state index contributed by atoms with van der Waals surface area (Å²) >= 11 is 0. The number of hydrogen-bond donors (Lipinski definition) is 0. The van der Waals surface area contributed by atoms with Gasteiger partial charge in [-0.3, -0.25) is 0 Å². The summed E-state index contributed by atoms with van der Waals surface area (Å²) in [7, 11) is 0. The summed E-state index contributed by atoms with van der Waals surface area (Å²) in [5.74, 6) is 1.82. The molecular weight excluding hydrogens is 661 g/mol. The Kier molecular flexibility index (Phi) is 6.79. The highest BCUT2D eigenvalue weighted by Gasteiger charge is 2.24. The number of rotatable bonds is 5. The molecule has 5 heteroatoms. The molecular formula is C49H30N4O. The molecule has 0 amide bonds. The molecule has 0 aliphatic carbocycles. The zero-order valence-electron chi connectivity index (χ0n) is 29.0. The van der Waals surface area contributed by atoms with Crippen LogP contribution in [0.15, 0.2) is 186 Å². The highest BCUT2D eigenvalue weighted by molar-refractivity contribution is 6.20. The smallest absolute Gasteiger partial charge is 0.164 e. The van der Waals surface area contributed by atoms with Gasteiger partial charge < -0.3 is 8.98 Å². The molecule has 54 heavy (non-hydrogen) atoms. The van der Waals surface area contributed by atoms with Gasteiger partial charge in [0.1, 0.15) is 5.58 Å². The topological polar surface area (TPSA) is 56.7 Å². The van der Waals surface area contributed by atoms with Gasteiger partial charge >= 0.3 is 0 Å². The van der Waals surface area contributed by atoms with Crippen LogP contribution >= 0.6 is 0 Å². The van der Waals surface area contributed by atoms with Crippen LogP contribution in [0.4, 0.5) is 0 Å². The molecule has 8 aromatic carbocycles. The molecule has 3 aromatic heterocycles. The van der Waals surface area contributed by atoms with Crippen LogP contribution in [0.1, 0.15) is 0 Å². The van der Waals surface area contributed by atoms with Crippen molar-refractivity contribution in [2.24, 2.45) is 0 Å². The van der Waals surface area contributed by atoms with Crippen LogP contribution in [0.25, 0.3) is 105 Å². The van der Waals surface area contributed by atoms with Crippen LogP contribution in [0.3, 0.4) is 0 Å². The minimum absolute atomic E-state index is 0.586. The maximum atomic E-state index is 7.05. The molecule has 0 atom stereocenters. The zero-order chi connectivity index (χ0) is 35.6. The first-order chi connectivity index (χ1) is 26.8. The minimum Gasteiger partial charge on any atom is -0.454 e. The van der Waals surface area contributed by atoms with Crippen LogP contribution < -0.4 is 0 Å². The van der Waals surface area contributed by atoms with Gasteiger partial charge in [-0.05, 0) is 52.2 Å². The fraction of sp³-hybridized carbons (Fsp3) is 0. The first-order valence-electron chi connectivity index (χ1n) is 18.1. The molecule has 0 aliphatic rings. The van der Waals surface area contributed by atoms with Crippen LogP contribution in [0.2, 0.25) is 0 Å². The Hall–Kier alpha value is -7.37. The number of furan rings is 1. The molecule has 0 N–H and O–H groups in total. The fourth-order valence-electron chi connectivity index (χ4n) is 7.98. The summed E-state index contributed by atoms with van der Waals surface area (Å²) in [6.45, 7) is 0. The monoisotopic (exact) mass is 690 g/mol. The molecule has 0 saturated carbocycles. The molecule has 11 rings (SSSR count). The highest BCUT2D eigenvalue weighted by Crippen LogP contribution is 2.45. The number of aromatic nitrogens is 4. The summed E-state index contributed by atoms with van der Waals surface area (Å²) < 4.78 is 9.39. The predicted octanol–water partition coefficient (Wildman–Crippen LogP) is 12.7. The summed E-state index contributed by atoms with van der Waals surface area (Å²) in [5, 5.41) is 6.75. The molecule has 5 nitrogen and oxygen atoms in total. The van der Waals surface area contributed by atoms with Gasteiger partial charge in [0.25, 0.3) is 0 Å². The van der Waals surface area contributed by atoms with E-state index in [4.69, 9.17) is 19.4 Å². The van der Waals surface area contributed by atoms with Crippen molar-refractivity contribution in [2.75, 3.05) is 0 Å². The van der Waals surface area contributed by atoms with Crippen molar-refractivity contribution >= 4 is 54.5 Å². The van der Waals surface area contributed by atoms with Crippen molar-refractivity contribution < 1.29 is 4.42 Å². The lowest BCUT2D eigenvalue weighted by Crippen LogP contribution is -2.00. The van der Waals surface area contributed by atoms with Gasteiger partial charge in [-0.15, -0.1) is 0 Å². The standard InChI is InChI=1S/C49H30N4O/c1-3-15-32(16-4-1)47-50-48(33-17-5-2-6-18-33)52-49(51-47)39-22-13-25-43-44(39)45-36(35-27-26-31-14-7-8-19-34(31)30-35)28-29-42(46(45)54-43)53-40-23-11-9-20-37(40)38-21-10-12-24-41(38)53/h1-30H. The van der Waals surface area contributed by atoms with Gasteiger partial charge in [0, 0.05) is 38.2 Å². The lowest BCUT2D eigenvalue weighted by atomic mass is 9.94. The SMILES string of the molecule is c1ccc(-c2nc(-c3ccccc3)nc(-c3cccc4oc5c(-n6c7ccccc7c7ccccc76)ccc(-c6ccc7ccccc7c6)c5c34)n2)cc1. The number of benzene rings is 8. The Bertz CT molecular complexity index is 3110. The number of fused-ring (bicyclic) bond motifs is 7. The van der Waals surface area contributed by atoms with E-state index in [1.165, 1.54) is 21.5 Å². The van der Waals surface area contributed by atoms with Gasteiger partial charge in [-0.25, -0.2) is 15.0 Å². The second-order valence-corrected chi connectivity index (χ2v) is 13.6. The third kappa shape index (κ3) is 4.76. The lowest BCUT2D eigenvalue weighted by molar-refractivity contribution is 0.666. The van der Waals surface area contributed by atoms with Crippen molar-refractivity contribution in [1.29, 1.82) is 0 Å². The minimum atomic E-state index is 0.586. The van der Waals surface area contributed by atoms with Crippen LogP contribution in [-0.2, 0) is 0 Å². The highest BCUT2D eigenvalue weighted by atomic mass is 16.3. The van der Waals surface area contributed by atoms with E-state index >= 15 is 0 Å². The number of hydrogen-bond acceptors (Lipinski definition) is 4. The summed E-state index contributed by atoms with van der Waals surface area (Å²) in [6.07, 6.45) is 0. The summed E-state index contributed by atoms with van der Waals surface area (Å²) in [4.78, 5) is 15.3. The van der Waals surface area contributed by atoms with Crippen LogP contribution in [-0.4, -0.2) is 19.5 Å². The average Bonchev–Trinajstić information content (AvgIpc) is 3.80. The molecule has 0 aliphatic heterocycles. The second-order valence-electron chi connectivity index (χ2n) is 13.6. The molecule has 0 spiro atoms. The normalized spacial score (nSPS) is 11.7. The summed E-state index contributed by atoms with van der Waals surface area (Å²) in [5.41, 5.74) is 9.69. The Morgan fingerprint density at radius 1 is 0.389 bits per heavy atom. The van der Waals surface area contributed by atoms with Crippen molar-refractivity contribution in [3.8, 4) is 51.0 Å². The van der Waals surface area contributed by atoms with Crippen molar-refractivity contribution in [2.45, 2.75) is 0 Å². The largest absolute Gasteiger partial charge is 0.454 e. The summed E-state index contributed by atoms with van der Waals surface area (Å²) in [6, 6.07) is 63.2. The number of para-hydroxylation sites is 2. The molecule has 252 valence electrons. The van der Waals surface area contributed by atoms with E-state index in [1.807, 2.05) is 66.7 Å². The second kappa shape index (κ2) is 12.1. The molecule has 0 unspecified atom stereocenters. The number of nitrogens with zero attached hydrogens (tertiary/aromatic N) is 4. The maximum absolute atomic E-state index is 7.05. The third-order valence-corrected chi connectivity index (χ3v) is 10.4. The van der Waals surface area contributed by atoms with E-state index < -0.39 is 0 Å². The molecule has 11 aromatic rings. The third-order valence-electron chi connectivity index (χ3n) is 10.4. The van der Waals surface area contributed by atoms with Crippen LogP contribution in [0, 0.1) is 0 Å². The van der Waals surface area contributed by atoms with Gasteiger partial charge in [0.05, 0.1) is 16.7 Å². The van der Waals surface area contributed by atoms with Gasteiger partial charge in [-0.1, -0.05) is 152 Å². The average molecular weight is 691 g/mol. The molecule has 0 saturated heterocycles. The zero-order valence-corrected chi connectivity index (χ0v) is 29.0. The Morgan fingerprint density at radius 2 is 0.981 bits per heavy atom. The van der Waals surface area contributed by atoms with Crippen LogP contribution in [0.5, 0.6) is 0 Å². The first-order valence-corrected chi connectivity index (χ1v) is 18.1. The van der Waals surface area contributed by atoms with Crippen molar-refractivity contribution in [3.05, 3.63) is 182 Å². The van der Waals surface area contributed by atoms with Gasteiger partial charge in [-0.2, -0.15) is 0 Å². The fourth-order valence-corrected chi connectivity index (χ4v) is 7.98. The van der Waals surface area contributed by atoms with E-state index in [9.17, 15) is 0 Å². The quantitative estimate of drug-likeness (QED) is 0.180. The molecule has 0 radical (unpaired) electrons. The lowest BCUT2D eigenvalue weighted by Gasteiger charge is -2.13. The van der Waals surface area contributed by atoms with Crippen molar-refractivity contribution in [1.82, 2.24) is 19.5 Å². The Morgan fingerprint density at radius 3 is 1.67 bits per heavy atom.